The second-order valence-electron chi connectivity index (χ2n) is 9.08. The van der Waals surface area contributed by atoms with Crippen molar-refractivity contribution in [1.29, 1.82) is 0 Å². The molecular weight excluding hydrogens is 376 g/mol. The minimum atomic E-state index is -0.190. The average molecular weight is 411 g/mol. The molecule has 6 heteroatoms. The molecule has 2 heterocycles. The number of hydrogen-bond acceptors (Lipinski definition) is 4. The van der Waals surface area contributed by atoms with Crippen molar-refractivity contribution in [3.05, 3.63) is 23.8 Å². The van der Waals surface area contributed by atoms with E-state index in [-0.39, 0.29) is 11.8 Å². The van der Waals surface area contributed by atoms with Crippen LogP contribution in [0.25, 0.3) is 10.9 Å². The summed E-state index contributed by atoms with van der Waals surface area (Å²) in [4.78, 5) is 14.7. The maximum atomic E-state index is 12.3. The van der Waals surface area contributed by atoms with Gasteiger partial charge in [0.2, 0.25) is 5.88 Å². The molecule has 1 N–H and O–H groups in total. The summed E-state index contributed by atoms with van der Waals surface area (Å²) in [5.41, 5.74) is 2.45. The molecule has 4 rings (SSSR count). The van der Waals surface area contributed by atoms with Crippen molar-refractivity contribution in [3.63, 3.8) is 0 Å². The minimum Gasteiger partial charge on any atom is -0.493 e. The van der Waals surface area contributed by atoms with Crippen LogP contribution in [0, 0.1) is 12.8 Å². The van der Waals surface area contributed by atoms with Gasteiger partial charge in [-0.05, 0) is 57.3 Å². The first-order valence-electron chi connectivity index (χ1n) is 11.6. The maximum absolute atomic E-state index is 12.3. The van der Waals surface area contributed by atoms with Crippen LogP contribution in [-0.2, 0) is 11.5 Å². The molecule has 1 saturated carbocycles. The minimum absolute atomic E-state index is 0.102. The number of fused-ring (bicyclic) bond motifs is 1. The van der Waals surface area contributed by atoms with Crippen molar-refractivity contribution in [3.8, 4) is 5.88 Å². The second-order valence-corrected chi connectivity index (χ2v) is 9.08. The third kappa shape index (κ3) is 4.91. The van der Waals surface area contributed by atoms with Crippen LogP contribution in [0.2, 0.25) is 0 Å². The molecule has 0 bridgehead atoms. The van der Waals surface area contributed by atoms with Gasteiger partial charge >= 0.3 is 0 Å². The van der Waals surface area contributed by atoms with Gasteiger partial charge in [-0.15, -0.1) is 10.2 Å². The summed E-state index contributed by atoms with van der Waals surface area (Å²) in [5.74, 6) is 0.565. The Balaban J connectivity index is 1.52. The lowest BCUT2D eigenvalue weighted by atomic mass is 9.86. The highest BCUT2D eigenvalue weighted by Crippen LogP contribution is 2.39. The number of aromatic hydroxyl groups is 1. The molecule has 2 aliphatic rings. The molecule has 30 heavy (non-hydrogen) atoms. The van der Waals surface area contributed by atoms with E-state index in [0.29, 0.717) is 24.7 Å². The number of rotatable bonds is 6. The molecule has 1 aliphatic carbocycles. The van der Waals surface area contributed by atoms with E-state index in [0.717, 1.165) is 36.0 Å². The van der Waals surface area contributed by atoms with Gasteiger partial charge in [-0.25, -0.2) is 0 Å². The van der Waals surface area contributed by atoms with E-state index in [2.05, 4.69) is 15.1 Å². The number of aryl methyl sites for hydroxylation is 1. The first-order valence-corrected chi connectivity index (χ1v) is 11.6. The van der Waals surface area contributed by atoms with E-state index in [1.807, 2.05) is 29.7 Å². The van der Waals surface area contributed by atoms with Crippen LogP contribution < -0.4 is 0 Å². The van der Waals surface area contributed by atoms with Gasteiger partial charge in [0.15, 0.2) is 5.69 Å². The predicted molar refractivity (Wildman–Crippen MR) is 119 cm³/mol. The summed E-state index contributed by atoms with van der Waals surface area (Å²) in [7, 11) is 0. The number of hydrogen-bond donors (Lipinski definition) is 1. The Labute approximate surface area is 179 Å². The summed E-state index contributed by atoms with van der Waals surface area (Å²) in [6.45, 7) is 4.74. The Morgan fingerprint density at radius 1 is 1.10 bits per heavy atom. The zero-order valence-electron chi connectivity index (χ0n) is 18.1. The molecule has 1 aromatic carbocycles. The lowest BCUT2D eigenvalue weighted by molar-refractivity contribution is -0.118. The highest BCUT2D eigenvalue weighted by molar-refractivity contribution is 5.95. The van der Waals surface area contributed by atoms with Gasteiger partial charge < -0.3 is 5.11 Å². The van der Waals surface area contributed by atoms with Gasteiger partial charge in [-0.1, -0.05) is 50.2 Å². The first-order chi connectivity index (χ1) is 14.6. The van der Waals surface area contributed by atoms with Crippen LogP contribution in [0.15, 0.2) is 28.4 Å². The highest BCUT2D eigenvalue weighted by atomic mass is 16.3. The summed E-state index contributed by atoms with van der Waals surface area (Å²) < 4.78 is 1.90. The second kappa shape index (κ2) is 9.73. The van der Waals surface area contributed by atoms with Crippen molar-refractivity contribution in [2.24, 2.45) is 16.1 Å². The Morgan fingerprint density at radius 2 is 1.83 bits per heavy atom. The Hall–Kier alpha value is -2.21. The smallest absolute Gasteiger partial charge is 0.264 e. The SMILES string of the molecule is Cc1ccc2c(c1)c(N=NC(=O)CCC1CCCCC1)c(O)n2CN1CCCCC1. The highest BCUT2D eigenvalue weighted by Gasteiger charge is 2.20. The van der Waals surface area contributed by atoms with Crippen molar-refractivity contribution >= 4 is 22.5 Å². The molecule has 2 fully saturated rings. The van der Waals surface area contributed by atoms with Gasteiger partial charge in [0, 0.05) is 11.8 Å². The zero-order chi connectivity index (χ0) is 20.9. The molecule has 0 unspecified atom stereocenters. The lowest BCUT2D eigenvalue weighted by Crippen LogP contribution is -2.31. The molecule has 1 aliphatic heterocycles. The molecule has 0 spiro atoms. The van der Waals surface area contributed by atoms with Crippen LogP contribution in [-0.4, -0.2) is 33.6 Å². The summed E-state index contributed by atoms with van der Waals surface area (Å²) in [6, 6.07) is 6.09. The third-order valence-corrected chi connectivity index (χ3v) is 6.71. The van der Waals surface area contributed by atoms with Gasteiger partial charge in [0.25, 0.3) is 5.91 Å². The van der Waals surface area contributed by atoms with Crippen LogP contribution in [0.3, 0.4) is 0 Å². The average Bonchev–Trinajstić information content (AvgIpc) is 3.02. The third-order valence-electron chi connectivity index (χ3n) is 6.71. The molecule has 2 aromatic rings. The number of carbonyl (C=O) groups excluding carboxylic acids is 1. The van der Waals surface area contributed by atoms with Gasteiger partial charge in [0.05, 0.1) is 12.2 Å². The normalized spacial score (nSPS) is 19.1. The quantitative estimate of drug-likeness (QED) is 0.588. The largest absolute Gasteiger partial charge is 0.493 e. The molecule has 1 aromatic heterocycles. The molecule has 6 nitrogen and oxygen atoms in total. The number of azo groups is 1. The fraction of sp³-hybridized carbons (Fsp3) is 0.625. The maximum Gasteiger partial charge on any atom is 0.264 e. The number of carbonyl (C=O) groups is 1. The number of piperidine rings is 1. The lowest BCUT2D eigenvalue weighted by Gasteiger charge is -2.27. The number of nitrogens with zero attached hydrogens (tertiary/aromatic N) is 4. The van der Waals surface area contributed by atoms with Crippen molar-refractivity contribution in [2.45, 2.75) is 77.8 Å². The Bertz CT molecular complexity index is 906. The van der Waals surface area contributed by atoms with E-state index < -0.39 is 0 Å². The van der Waals surface area contributed by atoms with Crippen molar-refractivity contribution in [2.75, 3.05) is 13.1 Å². The molecule has 1 amide bonds. The van der Waals surface area contributed by atoms with Crippen molar-refractivity contribution in [1.82, 2.24) is 9.47 Å². The number of likely N-dealkylation sites (tertiary alicyclic amines) is 1. The van der Waals surface area contributed by atoms with E-state index >= 15 is 0 Å². The van der Waals surface area contributed by atoms with Crippen LogP contribution >= 0.6 is 0 Å². The van der Waals surface area contributed by atoms with E-state index in [4.69, 9.17) is 0 Å². The standard InChI is InChI=1S/C24H34N4O2/c1-18-10-12-21-20(16-18)23(24(30)28(21)17-27-14-6-3-7-15-27)26-25-22(29)13-11-19-8-4-2-5-9-19/h10,12,16,19,30H,2-9,11,13-15,17H2,1H3. The monoisotopic (exact) mass is 410 g/mol. The molecule has 0 atom stereocenters. The fourth-order valence-corrected chi connectivity index (χ4v) is 4.94. The fourth-order valence-electron chi connectivity index (χ4n) is 4.94. The van der Waals surface area contributed by atoms with Gasteiger partial charge in [-0.2, -0.15) is 0 Å². The molecule has 0 radical (unpaired) electrons. The summed E-state index contributed by atoms with van der Waals surface area (Å²) in [5, 5.41) is 20.0. The topological polar surface area (TPSA) is 70.2 Å². The van der Waals surface area contributed by atoms with E-state index in [1.54, 1.807) is 0 Å². The molecule has 1 saturated heterocycles. The van der Waals surface area contributed by atoms with Crippen LogP contribution in [0.4, 0.5) is 5.69 Å². The van der Waals surface area contributed by atoms with E-state index in [1.165, 1.54) is 51.4 Å². The summed E-state index contributed by atoms with van der Waals surface area (Å²) >= 11 is 0. The molecule has 162 valence electrons. The van der Waals surface area contributed by atoms with Crippen LogP contribution in [0.5, 0.6) is 5.88 Å². The predicted octanol–water partition coefficient (Wildman–Crippen LogP) is 6.07. The number of aromatic nitrogens is 1. The Morgan fingerprint density at radius 3 is 2.60 bits per heavy atom. The summed E-state index contributed by atoms with van der Waals surface area (Å²) in [6.07, 6.45) is 11.4. The van der Waals surface area contributed by atoms with E-state index in [9.17, 15) is 9.90 Å². The first kappa shape index (κ1) is 21.0. The number of amides is 1. The van der Waals surface area contributed by atoms with Gasteiger partial charge in [-0.3, -0.25) is 14.3 Å². The molecular formula is C24H34N4O2. The Kier molecular flexibility index (Phi) is 6.82. The van der Waals surface area contributed by atoms with Crippen molar-refractivity contribution < 1.29 is 9.90 Å². The number of benzene rings is 1. The van der Waals surface area contributed by atoms with Crippen LogP contribution in [0.1, 0.15) is 69.8 Å². The van der Waals surface area contributed by atoms with Gasteiger partial charge in [0.1, 0.15) is 0 Å². The zero-order valence-corrected chi connectivity index (χ0v) is 18.1.